The van der Waals surface area contributed by atoms with Gasteiger partial charge in [0.2, 0.25) is 0 Å². The topological polar surface area (TPSA) is 38.7 Å². The van der Waals surface area contributed by atoms with Crippen molar-refractivity contribution in [3.05, 3.63) is 71.5 Å². The van der Waals surface area contributed by atoms with Crippen LogP contribution in [-0.4, -0.2) is 17.8 Å². The SMILES string of the molecule is O[C@@H](COPOCc1ccccc1)Cc1cccc(F)c1. The first-order valence-electron chi connectivity index (χ1n) is 6.69. The van der Waals surface area contributed by atoms with Crippen molar-refractivity contribution in [2.75, 3.05) is 6.61 Å². The normalized spacial score (nSPS) is 12.9. The summed E-state index contributed by atoms with van der Waals surface area (Å²) in [6.45, 7) is 0.656. The maximum absolute atomic E-state index is 13.0. The van der Waals surface area contributed by atoms with Gasteiger partial charge in [-0.1, -0.05) is 42.5 Å². The summed E-state index contributed by atoms with van der Waals surface area (Å²) in [5, 5.41) is 9.81. The van der Waals surface area contributed by atoms with Crippen molar-refractivity contribution in [2.24, 2.45) is 0 Å². The lowest BCUT2D eigenvalue weighted by molar-refractivity contribution is 0.107. The van der Waals surface area contributed by atoms with Crippen molar-refractivity contribution in [2.45, 2.75) is 19.1 Å². The average Bonchev–Trinajstić information content (AvgIpc) is 2.48. The van der Waals surface area contributed by atoms with Gasteiger partial charge in [-0.15, -0.1) is 0 Å². The van der Waals surface area contributed by atoms with Crippen LogP contribution in [0.25, 0.3) is 0 Å². The van der Waals surface area contributed by atoms with Gasteiger partial charge >= 0.3 is 0 Å². The Morgan fingerprint density at radius 1 is 1.00 bits per heavy atom. The lowest BCUT2D eigenvalue weighted by atomic mass is 10.1. The molecule has 0 aromatic heterocycles. The molecule has 21 heavy (non-hydrogen) atoms. The molecule has 0 radical (unpaired) electrons. The molecule has 0 aliphatic heterocycles. The Hall–Kier alpha value is -1.32. The molecular formula is C16H18FO3P. The van der Waals surface area contributed by atoms with Crippen LogP contribution in [0.2, 0.25) is 0 Å². The van der Waals surface area contributed by atoms with Gasteiger partial charge in [0.05, 0.1) is 19.3 Å². The van der Waals surface area contributed by atoms with Crippen LogP contribution in [-0.2, 0) is 22.1 Å². The summed E-state index contributed by atoms with van der Waals surface area (Å²) < 4.78 is 23.7. The summed E-state index contributed by atoms with van der Waals surface area (Å²) in [4.78, 5) is 0. The second kappa shape index (κ2) is 8.85. The molecule has 0 spiro atoms. The molecule has 0 aliphatic rings. The molecule has 1 unspecified atom stereocenters. The van der Waals surface area contributed by atoms with Gasteiger partial charge in [0.15, 0.2) is 9.03 Å². The van der Waals surface area contributed by atoms with E-state index >= 15 is 0 Å². The van der Waals surface area contributed by atoms with Gasteiger partial charge in [0, 0.05) is 6.42 Å². The van der Waals surface area contributed by atoms with E-state index in [9.17, 15) is 9.50 Å². The summed E-state index contributed by atoms with van der Waals surface area (Å²) in [5.74, 6) is -0.298. The molecule has 0 aliphatic carbocycles. The minimum Gasteiger partial charge on any atom is -0.390 e. The highest BCUT2D eigenvalue weighted by molar-refractivity contribution is 7.26. The summed E-state index contributed by atoms with van der Waals surface area (Å²) in [6.07, 6.45) is -0.305. The highest BCUT2D eigenvalue weighted by Gasteiger charge is 2.06. The summed E-state index contributed by atoms with van der Waals surface area (Å²) in [7, 11) is -0.125. The van der Waals surface area contributed by atoms with E-state index in [0.29, 0.717) is 13.0 Å². The number of benzene rings is 2. The van der Waals surface area contributed by atoms with E-state index < -0.39 is 6.10 Å². The standard InChI is InChI=1S/C16H18FO3P/c17-15-8-4-7-14(9-15)10-16(18)12-20-21-19-11-13-5-2-1-3-6-13/h1-9,16,18,21H,10-12H2/t16-/m1/s1. The fourth-order valence-electron chi connectivity index (χ4n) is 1.85. The fraction of sp³-hybridized carbons (Fsp3) is 0.250. The van der Waals surface area contributed by atoms with E-state index in [2.05, 4.69) is 0 Å². The Labute approximate surface area is 125 Å². The quantitative estimate of drug-likeness (QED) is 0.599. The predicted octanol–water partition coefficient (Wildman–Crippen LogP) is 3.47. The van der Waals surface area contributed by atoms with Crippen molar-refractivity contribution in [3.8, 4) is 0 Å². The number of aliphatic hydroxyl groups excluding tert-OH is 1. The van der Waals surface area contributed by atoms with Crippen molar-refractivity contribution in [3.63, 3.8) is 0 Å². The third kappa shape index (κ3) is 6.32. The lowest BCUT2D eigenvalue weighted by Gasteiger charge is -2.11. The lowest BCUT2D eigenvalue weighted by Crippen LogP contribution is -2.16. The number of hydrogen-bond acceptors (Lipinski definition) is 3. The Kier molecular flexibility index (Phi) is 6.77. The average molecular weight is 308 g/mol. The van der Waals surface area contributed by atoms with Crippen LogP contribution >= 0.6 is 9.03 Å². The zero-order chi connectivity index (χ0) is 14.9. The van der Waals surface area contributed by atoms with Gasteiger partial charge in [-0.2, -0.15) is 0 Å². The minimum atomic E-state index is -0.667. The zero-order valence-electron chi connectivity index (χ0n) is 11.5. The number of rotatable bonds is 8. The van der Waals surface area contributed by atoms with E-state index in [1.807, 2.05) is 30.3 Å². The molecule has 5 heteroatoms. The van der Waals surface area contributed by atoms with E-state index in [1.165, 1.54) is 12.1 Å². The second-order valence-electron chi connectivity index (χ2n) is 4.66. The molecule has 2 rings (SSSR count). The van der Waals surface area contributed by atoms with E-state index in [0.717, 1.165) is 11.1 Å². The number of aliphatic hydroxyl groups is 1. The molecule has 2 aromatic carbocycles. The molecule has 0 bridgehead atoms. The van der Waals surface area contributed by atoms with Crippen LogP contribution in [0.15, 0.2) is 54.6 Å². The van der Waals surface area contributed by atoms with Crippen molar-refractivity contribution < 1.29 is 18.5 Å². The zero-order valence-corrected chi connectivity index (χ0v) is 12.5. The Balaban J connectivity index is 1.60. The van der Waals surface area contributed by atoms with Gasteiger partial charge in [0.1, 0.15) is 5.82 Å². The maximum atomic E-state index is 13.0. The largest absolute Gasteiger partial charge is 0.390 e. The predicted molar refractivity (Wildman–Crippen MR) is 81.6 cm³/mol. The summed E-state index contributed by atoms with van der Waals surface area (Å²) >= 11 is 0. The first kappa shape index (κ1) is 16.1. The molecule has 0 heterocycles. The van der Waals surface area contributed by atoms with Crippen LogP contribution in [0.1, 0.15) is 11.1 Å². The van der Waals surface area contributed by atoms with E-state index in [-0.39, 0.29) is 21.5 Å². The molecule has 0 saturated heterocycles. The highest BCUT2D eigenvalue weighted by atomic mass is 31.1. The molecule has 3 nitrogen and oxygen atoms in total. The molecule has 112 valence electrons. The monoisotopic (exact) mass is 308 g/mol. The van der Waals surface area contributed by atoms with Crippen LogP contribution in [0.5, 0.6) is 0 Å². The molecule has 0 saturated carbocycles. The number of hydrogen-bond donors (Lipinski definition) is 1. The van der Waals surface area contributed by atoms with Gasteiger partial charge in [-0.25, -0.2) is 4.39 Å². The minimum absolute atomic E-state index is 0.125. The van der Waals surface area contributed by atoms with Crippen molar-refractivity contribution >= 4 is 9.03 Å². The summed E-state index contributed by atoms with van der Waals surface area (Å²) in [6, 6.07) is 16.0. The van der Waals surface area contributed by atoms with Crippen molar-refractivity contribution in [1.82, 2.24) is 0 Å². The molecule has 2 atom stereocenters. The van der Waals surface area contributed by atoms with E-state index in [1.54, 1.807) is 12.1 Å². The van der Waals surface area contributed by atoms with Crippen LogP contribution in [0.3, 0.4) is 0 Å². The van der Waals surface area contributed by atoms with Gasteiger partial charge < -0.3 is 14.2 Å². The summed E-state index contributed by atoms with van der Waals surface area (Å²) in [5.41, 5.74) is 1.83. The van der Waals surface area contributed by atoms with Gasteiger partial charge in [-0.05, 0) is 23.3 Å². The third-order valence-corrected chi connectivity index (χ3v) is 3.38. The number of halogens is 1. The second-order valence-corrected chi connectivity index (χ2v) is 5.40. The third-order valence-electron chi connectivity index (χ3n) is 2.84. The molecule has 2 aromatic rings. The van der Waals surface area contributed by atoms with Gasteiger partial charge in [-0.3, -0.25) is 0 Å². The Bertz CT molecular complexity index is 536. The molecule has 0 amide bonds. The smallest absolute Gasteiger partial charge is 0.155 e. The van der Waals surface area contributed by atoms with Gasteiger partial charge in [0.25, 0.3) is 0 Å². The fourth-order valence-corrected chi connectivity index (χ4v) is 2.42. The molecule has 1 N–H and O–H groups in total. The molecular weight excluding hydrogens is 290 g/mol. The maximum Gasteiger partial charge on any atom is 0.155 e. The van der Waals surface area contributed by atoms with Crippen LogP contribution in [0, 0.1) is 5.82 Å². The Morgan fingerprint density at radius 3 is 2.52 bits per heavy atom. The van der Waals surface area contributed by atoms with Crippen molar-refractivity contribution in [1.29, 1.82) is 0 Å². The molecule has 0 fully saturated rings. The first-order valence-corrected chi connectivity index (χ1v) is 7.50. The van der Waals surface area contributed by atoms with Crippen LogP contribution in [0.4, 0.5) is 4.39 Å². The highest BCUT2D eigenvalue weighted by Crippen LogP contribution is 2.18. The van der Waals surface area contributed by atoms with Crippen LogP contribution < -0.4 is 0 Å². The van der Waals surface area contributed by atoms with E-state index in [4.69, 9.17) is 9.05 Å². The Morgan fingerprint density at radius 2 is 1.76 bits per heavy atom. The first-order chi connectivity index (χ1) is 10.2.